The molecule has 0 amide bonds. The normalized spacial score (nSPS) is 13.1. The number of hydrogen-bond acceptors (Lipinski definition) is 5. The Balaban J connectivity index is 2.24. The third-order valence-corrected chi connectivity index (χ3v) is 4.36. The zero-order valence-corrected chi connectivity index (χ0v) is 14.2. The van der Waals surface area contributed by atoms with E-state index in [9.17, 15) is 9.90 Å². The van der Waals surface area contributed by atoms with Gasteiger partial charge in [-0.2, -0.15) is 0 Å². The SMILES string of the molecule is C/C(CC(c1ccc(Cl)cc1)c1c(O)c2ccccc2oc1=O)=N/O. The molecule has 1 atom stereocenters. The monoisotopic (exact) mass is 357 g/mol. The number of para-hydroxylation sites is 1. The van der Waals surface area contributed by atoms with Crippen molar-refractivity contribution in [2.24, 2.45) is 5.16 Å². The largest absolute Gasteiger partial charge is 0.507 e. The average Bonchev–Trinajstić information content (AvgIpc) is 2.61. The molecule has 3 rings (SSSR count). The molecule has 1 unspecified atom stereocenters. The molecule has 0 saturated heterocycles. The predicted molar refractivity (Wildman–Crippen MR) is 97.0 cm³/mol. The number of benzene rings is 2. The van der Waals surface area contributed by atoms with Gasteiger partial charge in [0.15, 0.2) is 0 Å². The highest BCUT2D eigenvalue weighted by molar-refractivity contribution is 6.30. The fourth-order valence-corrected chi connectivity index (χ4v) is 3.00. The maximum Gasteiger partial charge on any atom is 0.343 e. The van der Waals surface area contributed by atoms with Crippen molar-refractivity contribution in [2.45, 2.75) is 19.3 Å². The summed E-state index contributed by atoms with van der Waals surface area (Å²) >= 11 is 5.94. The lowest BCUT2D eigenvalue weighted by Crippen LogP contribution is -2.16. The molecule has 128 valence electrons. The van der Waals surface area contributed by atoms with Crippen molar-refractivity contribution in [1.29, 1.82) is 0 Å². The fraction of sp³-hybridized carbons (Fsp3) is 0.158. The highest BCUT2D eigenvalue weighted by Crippen LogP contribution is 2.36. The van der Waals surface area contributed by atoms with Crippen molar-refractivity contribution >= 4 is 28.3 Å². The van der Waals surface area contributed by atoms with Crippen LogP contribution in [0.25, 0.3) is 11.0 Å². The molecule has 2 aromatic carbocycles. The van der Waals surface area contributed by atoms with Crippen LogP contribution < -0.4 is 5.63 Å². The Morgan fingerprint density at radius 2 is 1.88 bits per heavy atom. The number of nitrogens with zero attached hydrogens (tertiary/aromatic N) is 1. The molecule has 0 saturated carbocycles. The zero-order valence-electron chi connectivity index (χ0n) is 13.4. The molecule has 1 aromatic heterocycles. The number of fused-ring (bicyclic) bond motifs is 1. The molecule has 0 aliphatic carbocycles. The van der Waals surface area contributed by atoms with E-state index in [2.05, 4.69) is 5.16 Å². The second kappa shape index (κ2) is 6.99. The molecule has 5 nitrogen and oxygen atoms in total. The van der Waals surface area contributed by atoms with Gasteiger partial charge in [-0.3, -0.25) is 0 Å². The Kier molecular flexibility index (Phi) is 4.76. The molecule has 0 spiro atoms. The summed E-state index contributed by atoms with van der Waals surface area (Å²) in [6.45, 7) is 1.64. The second-order valence-corrected chi connectivity index (χ2v) is 6.23. The van der Waals surface area contributed by atoms with Crippen molar-refractivity contribution in [3.63, 3.8) is 0 Å². The Hall–Kier alpha value is -2.79. The van der Waals surface area contributed by atoms with E-state index in [0.717, 1.165) is 5.56 Å². The molecule has 1 heterocycles. The summed E-state index contributed by atoms with van der Waals surface area (Å²) in [6.07, 6.45) is 0.245. The molecule has 25 heavy (non-hydrogen) atoms. The van der Waals surface area contributed by atoms with Gasteiger partial charge in [0.1, 0.15) is 11.3 Å². The summed E-state index contributed by atoms with van der Waals surface area (Å²) in [4.78, 5) is 12.6. The third kappa shape index (κ3) is 3.37. The van der Waals surface area contributed by atoms with Crippen molar-refractivity contribution in [2.75, 3.05) is 0 Å². The van der Waals surface area contributed by atoms with Gasteiger partial charge in [0.05, 0.1) is 16.7 Å². The van der Waals surface area contributed by atoms with Gasteiger partial charge in [-0.25, -0.2) is 4.79 Å². The Morgan fingerprint density at radius 3 is 2.56 bits per heavy atom. The maximum absolute atomic E-state index is 12.6. The molecule has 0 aliphatic heterocycles. The van der Waals surface area contributed by atoms with Crippen LogP contribution in [-0.2, 0) is 0 Å². The smallest absolute Gasteiger partial charge is 0.343 e. The summed E-state index contributed by atoms with van der Waals surface area (Å²) < 4.78 is 5.37. The first kappa shape index (κ1) is 17.0. The van der Waals surface area contributed by atoms with Crippen molar-refractivity contribution in [3.05, 3.63) is 75.1 Å². The van der Waals surface area contributed by atoms with Gasteiger partial charge in [0.25, 0.3) is 0 Å². The van der Waals surface area contributed by atoms with E-state index in [1.165, 1.54) is 0 Å². The van der Waals surface area contributed by atoms with Crippen molar-refractivity contribution in [1.82, 2.24) is 0 Å². The average molecular weight is 358 g/mol. The Morgan fingerprint density at radius 1 is 1.20 bits per heavy atom. The number of rotatable bonds is 4. The topological polar surface area (TPSA) is 83.0 Å². The second-order valence-electron chi connectivity index (χ2n) is 5.79. The van der Waals surface area contributed by atoms with Crippen LogP contribution in [0.15, 0.2) is 62.9 Å². The van der Waals surface area contributed by atoms with Crippen molar-refractivity contribution in [3.8, 4) is 5.75 Å². The van der Waals surface area contributed by atoms with E-state index >= 15 is 0 Å². The van der Waals surface area contributed by atoms with Gasteiger partial charge in [-0.05, 0) is 36.8 Å². The van der Waals surface area contributed by atoms with Crippen LogP contribution in [0.2, 0.25) is 5.02 Å². The summed E-state index contributed by atoms with van der Waals surface area (Å²) in [6, 6.07) is 13.7. The first-order valence-electron chi connectivity index (χ1n) is 7.69. The molecule has 0 bridgehead atoms. The minimum Gasteiger partial charge on any atom is -0.507 e. The zero-order chi connectivity index (χ0) is 18.0. The summed E-state index contributed by atoms with van der Waals surface area (Å²) in [5, 5.41) is 24.0. The first-order valence-corrected chi connectivity index (χ1v) is 8.06. The highest BCUT2D eigenvalue weighted by Gasteiger charge is 2.25. The molecular weight excluding hydrogens is 342 g/mol. The molecule has 6 heteroatoms. The standard InChI is InChI=1S/C19H16ClNO4/c1-11(21-24)10-15(12-6-8-13(20)9-7-12)17-18(22)14-4-2-3-5-16(14)25-19(17)23/h2-9,15,22,24H,10H2,1H3/b21-11-. The van der Waals surface area contributed by atoms with E-state index in [-0.39, 0.29) is 17.7 Å². The number of halogens is 1. The first-order chi connectivity index (χ1) is 12.0. The van der Waals surface area contributed by atoms with Crippen LogP contribution in [0.5, 0.6) is 5.75 Å². The van der Waals surface area contributed by atoms with E-state index in [1.54, 1.807) is 55.5 Å². The van der Waals surface area contributed by atoms with Gasteiger partial charge < -0.3 is 14.7 Å². The minimum absolute atomic E-state index is 0.127. The van der Waals surface area contributed by atoms with Crippen LogP contribution in [0.1, 0.15) is 30.4 Å². The summed E-state index contributed by atoms with van der Waals surface area (Å²) in [5.74, 6) is -0.661. The molecular formula is C19H16ClNO4. The summed E-state index contributed by atoms with van der Waals surface area (Å²) in [5.41, 5.74) is 0.999. The minimum atomic E-state index is -0.623. The lowest BCUT2D eigenvalue weighted by molar-refractivity contribution is 0.317. The van der Waals surface area contributed by atoms with Crippen LogP contribution in [0.3, 0.4) is 0 Å². The van der Waals surface area contributed by atoms with Gasteiger partial charge in [-0.1, -0.05) is 41.0 Å². The third-order valence-electron chi connectivity index (χ3n) is 4.11. The van der Waals surface area contributed by atoms with Gasteiger partial charge >= 0.3 is 5.63 Å². The Bertz CT molecular complexity index is 992. The van der Waals surface area contributed by atoms with Crippen LogP contribution >= 0.6 is 11.6 Å². The van der Waals surface area contributed by atoms with Crippen LogP contribution in [0.4, 0.5) is 0 Å². The van der Waals surface area contributed by atoms with Gasteiger partial charge in [-0.15, -0.1) is 0 Å². The maximum atomic E-state index is 12.6. The highest BCUT2D eigenvalue weighted by atomic mass is 35.5. The lowest BCUT2D eigenvalue weighted by atomic mass is 9.87. The van der Waals surface area contributed by atoms with Crippen LogP contribution in [0, 0.1) is 0 Å². The van der Waals surface area contributed by atoms with E-state index in [1.807, 2.05) is 0 Å². The fourth-order valence-electron chi connectivity index (χ4n) is 2.87. The Labute approximate surface area is 148 Å². The van der Waals surface area contributed by atoms with Crippen molar-refractivity contribution < 1.29 is 14.7 Å². The van der Waals surface area contributed by atoms with E-state index in [0.29, 0.717) is 21.7 Å². The van der Waals surface area contributed by atoms with E-state index in [4.69, 9.17) is 21.2 Å². The van der Waals surface area contributed by atoms with Crippen LogP contribution in [-0.4, -0.2) is 16.0 Å². The molecule has 2 N–H and O–H groups in total. The molecule has 0 radical (unpaired) electrons. The number of oxime groups is 1. The lowest BCUT2D eigenvalue weighted by Gasteiger charge is -2.18. The predicted octanol–water partition coefficient (Wildman–Crippen LogP) is 4.52. The van der Waals surface area contributed by atoms with E-state index < -0.39 is 11.5 Å². The number of hydrogen-bond donors (Lipinski definition) is 2. The summed E-state index contributed by atoms with van der Waals surface area (Å²) in [7, 11) is 0. The molecule has 0 fully saturated rings. The quantitative estimate of drug-likeness (QED) is 0.311. The molecule has 3 aromatic rings. The number of aromatic hydroxyl groups is 1. The van der Waals surface area contributed by atoms with Gasteiger partial charge in [0, 0.05) is 17.4 Å². The molecule has 0 aliphatic rings. The van der Waals surface area contributed by atoms with Gasteiger partial charge in [0.2, 0.25) is 0 Å².